The highest BCUT2D eigenvalue weighted by Gasteiger charge is 2.22. The van der Waals surface area contributed by atoms with Crippen molar-refractivity contribution in [2.24, 2.45) is 11.8 Å². The van der Waals surface area contributed by atoms with Crippen molar-refractivity contribution in [1.82, 2.24) is 4.98 Å². The number of piperidine rings is 1. The van der Waals surface area contributed by atoms with Crippen LogP contribution >= 0.6 is 11.6 Å². The average Bonchev–Trinajstić information content (AvgIpc) is 2.39. The van der Waals surface area contributed by atoms with Gasteiger partial charge in [-0.05, 0) is 37.7 Å². The number of rotatable bonds is 3. The Labute approximate surface area is 115 Å². The van der Waals surface area contributed by atoms with Crippen molar-refractivity contribution in [2.75, 3.05) is 18.0 Å². The van der Waals surface area contributed by atoms with Crippen LogP contribution in [0.15, 0.2) is 12.3 Å². The van der Waals surface area contributed by atoms with E-state index in [1.165, 1.54) is 18.5 Å². The first kappa shape index (κ1) is 13.7. The van der Waals surface area contributed by atoms with Gasteiger partial charge in [0, 0.05) is 36.2 Å². The van der Waals surface area contributed by atoms with Gasteiger partial charge in [0.15, 0.2) is 0 Å². The molecule has 1 aliphatic rings. The predicted octanol–water partition coefficient (Wildman–Crippen LogP) is 4.00. The average molecular weight is 267 g/mol. The Morgan fingerprint density at radius 2 is 2.06 bits per heavy atom. The standard InChI is InChI=1S/C15H23ClN2/c1-11(2)13-4-6-18(7-5-13)15-8-12(3)17-10-14(15)9-16/h8,10-11,13H,4-7,9H2,1-3H3. The van der Waals surface area contributed by atoms with Gasteiger partial charge in [-0.1, -0.05) is 13.8 Å². The smallest absolute Gasteiger partial charge is 0.0509 e. The minimum Gasteiger partial charge on any atom is -0.371 e. The molecule has 0 N–H and O–H groups in total. The van der Waals surface area contributed by atoms with Gasteiger partial charge >= 0.3 is 0 Å². The molecule has 1 aromatic heterocycles. The maximum atomic E-state index is 6.02. The third-order valence-corrected chi connectivity index (χ3v) is 4.35. The summed E-state index contributed by atoms with van der Waals surface area (Å²) in [5.74, 6) is 2.23. The van der Waals surface area contributed by atoms with E-state index in [2.05, 4.69) is 29.8 Å². The molecule has 0 radical (unpaired) electrons. The molecule has 3 heteroatoms. The molecule has 0 saturated carbocycles. The van der Waals surface area contributed by atoms with Gasteiger partial charge in [0.2, 0.25) is 0 Å². The second kappa shape index (κ2) is 5.92. The van der Waals surface area contributed by atoms with E-state index in [1.54, 1.807) is 0 Å². The topological polar surface area (TPSA) is 16.1 Å². The Bertz CT molecular complexity index is 395. The lowest BCUT2D eigenvalue weighted by Gasteiger charge is -2.36. The Morgan fingerprint density at radius 3 is 2.61 bits per heavy atom. The molecule has 2 heterocycles. The fourth-order valence-corrected chi connectivity index (χ4v) is 2.98. The maximum absolute atomic E-state index is 6.02. The summed E-state index contributed by atoms with van der Waals surface area (Å²) in [6.07, 6.45) is 4.51. The first-order valence-corrected chi connectivity index (χ1v) is 7.41. The number of hydrogen-bond acceptors (Lipinski definition) is 2. The van der Waals surface area contributed by atoms with E-state index in [0.717, 1.165) is 36.2 Å². The van der Waals surface area contributed by atoms with Gasteiger partial charge in [-0.25, -0.2) is 0 Å². The molecule has 0 unspecified atom stereocenters. The van der Waals surface area contributed by atoms with Crippen LogP contribution in [0.2, 0.25) is 0 Å². The molecule has 0 aliphatic carbocycles. The Hall–Kier alpha value is -0.760. The van der Waals surface area contributed by atoms with Gasteiger partial charge in [-0.2, -0.15) is 0 Å². The normalized spacial score (nSPS) is 17.5. The van der Waals surface area contributed by atoms with E-state index in [4.69, 9.17) is 11.6 Å². The molecular weight excluding hydrogens is 244 g/mol. The van der Waals surface area contributed by atoms with E-state index in [0.29, 0.717) is 5.88 Å². The zero-order chi connectivity index (χ0) is 13.1. The summed E-state index contributed by atoms with van der Waals surface area (Å²) >= 11 is 6.02. The Kier molecular flexibility index (Phi) is 4.50. The Morgan fingerprint density at radius 1 is 1.39 bits per heavy atom. The Balaban J connectivity index is 2.11. The molecule has 0 amide bonds. The van der Waals surface area contributed by atoms with Crippen LogP contribution in [0, 0.1) is 18.8 Å². The number of aryl methyl sites for hydroxylation is 1. The first-order valence-electron chi connectivity index (χ1n) is 6.88. The highest BCUT2D eigenvalue weighted by molar-refractivity contribution is 6.17. The molecule has 0 bridgehead atoms. The lowest BCUT2D eigenvalue weighted by molar-refractivity contribution is 0.311. The van der Waals surface area contributed by atoms with Crippen molar-refractivity contribution in [3.05, 3.63) is 23.5 Å². The van der Waals surface area contributed by atoms with Crippen molar-refractivity contribution in [2.45, 2.75) is 39.5 Å². The van der Waals surface area contributed by atoms with E-state index in [-0.39, 0.29) is 0 Å². The quantitative estimate of drug-likeness (QED) is 0.769. The highest BCUT2D eigenvalue weighted by Crippen LogP contribution is 2.30. The van der Waals surface area contributed by atoms with Crippen LogP contribution in [0.1, 0.15) is 37.9 Å². The van der Waals surface area contributed by atoms with Crippen LogP contribution in [0.4, 0.5) is 5.69 Å². The lowest BCUT2D eigenvalue weighted by atomic mass is 9.86. The second-order valence-electron chi connectivity index (χ2n) is 5.66. The van der Waals surface area contributed by atoms with Gasteiger partial charge in [-0.3, -0.25) is 4.98 Å². The van der Waals surface area contributed by atoms with Crippen molar-refractivity contribution in [3.63, 3.8) is 0 Å². The molecule has 0 aromatic carbocycles. The van der Waals surface area contributed by atoms with Crippen molar-refractivity contribution in [1.29, 1.82) is 0 Å². The summed E-state index contributed by atoms with van der Waals surface area (Å²) in [6.45, 7) is 9.01. The number of pyridine rings is 1. The van der Waals surface area contributed by atoms with Crippen LogP contribution in [-0.2, 0) is 5.88 Å². The van der Waals surface area contributed by atoms with E-state index < -0.39 is 0 Å². The fourth-order valence-electron chi connectivity index (χ4n) is 2.78. The molecule has 0 atom stereocenters. The van der Waals surface area contributed by atoms with Gasteiger partial charge in [-0.15, -0.1) is 11.6 Å². The zero-order valence-corrected chi connectivity index (χ0v) is 12.4. The van der Waals surface area contributed by atoms with Crippen LogP contribution in [0.25, 0.3) is 0 Å². The minimum atomic E-state index is 0.548. The van der Waals surface area contributed by atoms with E-state index >= 15 is 0 Å². The van der Waals surface area contributed by atoms with Crippen molar-refractivity contribution in [3.8, 4) is 0 Å². The molecular formula is C15H23ClN2. The second-order valence-corrected chi connectivity index (χ2v) is 5.92. The number of hydrogen-bond donors (Lipinski definition) is 0. The molecule has 18 heavy (non-hydrogen) atoms. The van der Waals surface area contributed by atoms with Crippen molar-refractivity contribution >= 4 is 17.3 Å². The van der Waals surface area contributed by atoms with Crippen LogP contribution in [0.5, 0.6) is 0 Å². The summed E-state index contributed by atoms with van der Waals surface area (Å²) < 4.78 is 0. The third kappa shape index (κ3) is 2.97. The lowest BCUT2D eigenvalue weighted by Crippen LogP contribution is -2.35. The molecule has 1 fully saturated rings. The molecule has 1 aliphatic heterocycles. The maximum Gasteiger partial charge on any atom is 0.0509 e. The first-order chi connectivity index (χ1) is 8.61. The number of anilines is 1. The van der Waals surface area contributed by atoms with Gasteiger partial charge in [0.05, 0.1) is 5.88 Å². The van der Waals surface area contributed by atoms with E-state index in [9.17, 15) is 0 Å². The van der Waals surface area contributed by atoms with Gasteiger partial charge < -0.3 is 4.90 Å². The summed E-state index contributed by atoms with van der Waals surface area (Å²) in [5.41, 5.74) is 3.52. The zero-order valence-electron chi connectivity index (χ0n) is 11.6. The van der Waals surface area contributed by atoms with Crippen LogP contribution in [-0.4, -0.2) is 18.1 Å². The minimum absolute atomic E-state index is 0.548. The summed E-state index contributed by atoms with van der Waals surface area (Å²) in [4.78, 5) is 6.81. The molecule has 0 spiro atoms. The number of halogens is 1. The summed E-state index contributed by atoms with van der Waals surface area (Å²) in [5, 5.41) is 0. The largest absolute Gasteiger partial charge is 0.371 e. The van der Waals surface area contributed by atoms with Crippen molar-refractivity contribution < 1.29 is 0 Å². The number of aromatic nitrogens is 1. The molecule has 2 rings (SSSR count). The summed E-state index contributed by atoms with van der Waals surface area (Å²) in [7, 11) is 0. The fraction of sp³-hybridized carbons (Fsp3) is 0.667. The third-order valence-electron chi connectivity index (χ3n) is 4.07. The molecule has 100 valence electrons. The highest BCUT2D eigenvalue weighted by atomic mass is 35.5. The number of nitrogens with zero attached hydrogens (tertiary/aromatic N) is 2. The monoisotopic (exact) mass is 266 g/mol. The van der Waals surface area contributed by atoms with E-state index in [1.807, 2.05) is 13.1 Å². The number of alkyl halides is 1. The summed E-state index contributed by atoms with van der Waals surface area (Å²) in [6, 6.07) is 2.17. The van der Waals surface area contributed by atoms with Gasteiger partial charge in [0.1, 0.15) is 0 Å². The molecule has 1 aromatic rings. The van der Waals surface area contributed by atoms with Crippen LogP contribution in [0.3, 0.4) is 0 Å². The SMILES string of the molecule is Cc1cc(N2CCC(C(C)C)CC2)c(CCl)cn1. The van der Waals surface area contributed by atoms with Gasteiger partial charge in [0.25, 0.3) is 0 Å². The van der Waals surface area contributed by atoms with Crippen LogP contribution < -0.4 is 4.90 Å². The molecule has 2 nitrogen and oxygen atoms in total. The predicted molar refractivity (Wildman–Crippen MR) is 78.3 cm³/mol. The molecule has 1 saturated heterocycles.